The summed E-state index contributed by atoms with van der Waals surface area (Å²) in [6.45, 7) is 0. The number of rotatable bonds is 2. The second-order valence-electron chi connectivity index (χ2n) is 2.49. The van der Waals surface area contributed by atoms with Crippen molar-refractivity contribution in [3.63, 3.8) is 0 Å². The van der Waals surface area contributed by atoms with E-state index in [4.69, 9.17) is 10.5 Å². The number of hydrogen-bond donors (Lipinski definition) is 0. The molecule has 58 valence electrons. The van der Waals surface area contributed by atoms with Crippen molar-refractivity contribution in [3.8, 4) is 12.1 Å². The summed E-state index contributed by atoms with van der Waals surface area (Å²) < 4.78 is 0. The summed E-state index contributed by atoms with van der Waals surface area (Å²) in [5.74, 6) is 0. The molecule has 0 amide bonds. The third-order valence-corrected chi connectivity index (χ3v) is 1.57. The van der Waals surface area contributed by atoms with E-state index >= 15 is 0 Å². The Labute approximate surface area is 71.7 Å². The van der Waals surface area contributed by atoms with E-state index in [1.165, 1.54) is 0 Å². The minimum Gasteiger partial charge on any atom is -0.198 e. The molecule has 0 saturated heterocycles. The van der Waals surface area contributed by atoms with Crippen LogP contribution in [0.2, 0.25) is 0 Å². The first-order valence-corrected chi connectivity index (χ1v) is 3.70. The molecule has 1 rings (SSSR count). The molecule has 0 aromatic carbocycles. The van der Waals surface area contributed by atoms with Gasteiger partial charge in [0.05, 0.1) is 18.6 Å². The van der Waals surface area contributed by atoms with Crippen LogP contribution in [0.4, 0.5) is 0 Å². The van der Waals surface area contributed by atoms with Gasteiger partial charge in [-0.25, -0.2) is 0 Å². The first-order chi connectivity index (χ1) is 5.86. The molecule has 0 atom stereocenters. The summed E-state index contributed by atoms with van der Waals surface area (Å²) in [6, 6.07) is 3.95. The van der Waals surface area contributed by atoms with Crippen LogP contribution in [-0.4, -0.2) is 0 Å². The predicted molar refractivity (Wildman–Crippen MR) is 45.8 cm³/mol. The maximum atomic E-state index is 8.60. The van der Waals surface area contributed by atoms with Crippen LogP contribution >= 0.6 is 0 Å². The van der Waals surface area contributed by atoms with E-state index in [0.29, 0.717) is 5.57 Å². The van der Waals surface area contributed by atoms with Gasteiger partial charge >= 0.3 is 0 Å². The number of allylic oxidation sites excluding steroid dienone is 6. The molecule has 0 aromatic rings. The van der Waals surface area contributed by atoms with E-state index in [2.05, 4.69) is 0 Å². The molecule has 0 N–H and O–H groups in total. The summed E-state index contributed by atoms with van der Waals surface area (Å²) >= 11 is 0. The van der Waals surface area contributed by atoms with Crippen molar-refractivity contribution in [1.82, 2.24) is 0 Å². The Morgan fingerprint density at radius 2 is 2.42 bits per heavy atom. The Morgan fingerprint density at radius 3 is 2.92 bits per heavy atom. The topological polar surface area (TPSA) is 47.6 Å². The van der Waals surface area contributed by atoms with Crippen LogP contribution in [0.15, 0.2) is 35.5 Å². The first kappa shape index (κ1) is 8.30. The molecule has 1 aliphatic carbocycles. The van der Waals surface area contributed by atoms with Crippen LogP contribution in [-0.2, 0) is 0 Å². The van der Waals surface area contributed by atoms with Crippen LogP contribution in [0.25, 0.3) is 0 Å². The van der Waals surface area contributed by atoms with Gasteiger partial charge in [0, 0.05) is 5.57 Å². The number of nitriles is 2. The highest BCUT2D eigenvalue weighted by molar-refractivity contribution is 5.38. The van der Waals surface area contributed by atoms with Crippen LogP contribution in [0, 0.1) is 22.7 Å². The van der Waals surface area contributed by atoms with E-state index in [1.54, 1.807) is 6.08 Å². The molecule has 0 radical (unpaired) electrons. The Kier molecular flexibility index (Phi) is 2.87. The Balaban J connectivity index is 2.67. The molecule has 2 nitrogen and oxygen atoms in total. The SMILES string of the molecule is N#CC/C(C#N)=C\C1=CC=CC1. The molecule has 12 heavy (non-hydrogen) atoms. The summed E-state index contributed by atoms with van der Waals surface area (Å²) in [5.41, 5.74) is 1.63. The van der Waals surface area contributed by atoms with E-state index in [-0.39, 0.29) is 6.42 Å². The quantitative estimate of drug-likeness (QED) is 0.575. The van der Waals surface area contributed by atoms with E-state index in [1.807, 2.05) is 30.4 Å². The van der Waals surface area contributed by atoms with Crippen LogP contribution in [0.5, 0.6) is 0 Å². The average Bonchev–Trinajstić information content (AvgIpc) is 2.56. The molecule has 0 saturated carbocycles. The van der Waals surface area contributed by atoms with Gasteiger partial charge in [0.1, 0.15) is 0 Å². The summed E-state index contributed by atoms with van der Waals surface area (Å²) in [6.07, 6.45) is 8.78. The zero-order valence-electron chi connectivity index (χ0n) is 6.62. The van der Waals surface area contributed by atoms with E-state index in [0.717, 1.165) is 12.0 Å². The number of nitrogens with zero attached hydrogens (tertiary/aromatic N) is 2. The third kappa shape index (κ3) is 2.11. The highest BCUT2D eigenvalue weighted by Gasteiger charge is 1.98. The zero-order chi connectivity index (χ0) is 8.81. The monoisotopic (exact) mass is 156 g/mol. The van der Waals surface area contributed by atoms with Gasteiger partial charge in [0.25, 0.3) is 0 Å². The van der Waals surface area contributed by atoms with E-state index < -0.39 is 0 Å². The van der Waals surface area contributed by atoms with Crippen molar-refractivity contribution in [2.75, 3.05) is 0 Å². The lowest BCUT2D eigenvalue weighted by atomic mass is 10.1. The highest BCUT2D eigenvalue weighted by Crippen LogP contribution is 2.14. The van der Waals surface area contributed by atoms with Gasteiger partial charge in [-0.05, 0) is 18.1 Å². The molecule has 0 aliphatic heterocycles. The van der Waals surface area contributed by atoms with Gasteiger partial charge in [-0.1, -0.05) is 18.2 Å². The lowest BCUT2D eigenvalue weighted by Gasteiger charge is -1.91. The first-order valence-electron chi connectivity index (χ1n) is 3.70. The van der Waals surface area contributed by atoms with Gasteiger partial charge in [-0.15, -0.1) is 0 Å². The maximum absolute atomic E-state index is 8.60. The normalized spacial score (nSPS) is 15.2. The van der Waals surface area contributed by atoms with Gasteiger partial charge in [0.2, 0.25) is 0 Å². The van der Waals surface area contributed by atoms with Gasteiger partial charge in [-0.3, -0.25) is 0 Å². The smallest absolute Gasteiger partial charge is 0.0958 e. The third-order valence-electron chi connectivity index (χ3n) is 1.57. The zero-order valence-corrected chi connectivity index (χ0v) is 6.62. The lowest BCUT2D eigenvalue weighted by Crippen LogP contribution is -1.78. The van der Waals surface area contributed by atoms with Crippen molar-refractivity contribution in [2.45, 2.75) is 12.8 Å². The van der Waals surface area contributed by atoms with Crippen molar-refractivity contribution in [2.24, 2.45) is 0 Å². The standard InChI is InChI=1S/C10H8N2/c11-6-5-10(8-12)7-9-3-1-2-4-9/h1-3,7H,4-5H2/b10-7+. The van der Waals surface area contributed by atoms with Crippen LogP contribution in [0.1, 0.15) is 12.8 Å². The summed E-state index contributed by atoms with van der Waals surface area (Å²) in [7, 11) is 0. The van der Waals surface area contributed by atoms with Crippen molar-refractivity contribution in [1.29, 1.82) is 10.5 Å². The van der Waals surface area contributed by atoms with Crippen LogP contribution < -0.4 is 0 Å². The molecule has 1 aliphatic rings. The Morgan fingerprint density at radius 1 is 1.58 bits per heavy atom. The average molecular weight is 156 g/mol. The highest BCUT2D eigenvalue weighted by atomic mass is 14.3. The summed E-state index contributed by atoms with van der Waals surface area (Å²) in [4.78, 5) is 0. The molecular formula is C10H8N2. The van der Waals surface area contributed by atoms with E-state index in [9.17, 15) is 0 Å². The molecule has 0 aromatic heterocycles. The Bertz CT molecular complexity index is 332. The fourth-order valence-corrected chi connectivity index (χ4v) is 1.00. The molecule has 0 spiro atoms. The molecule has 0 unspecified atom stereocenters. The largest absolute Gasteiger partial charge is 0.198 e. The number of hydrogen-bond acceptors (Lipinski definition) is 2. The van der Waals surface area contributed by atoms with Crippen LogP contribution in [0.3, 0.4) is 0 Å². The minimum absolute atomic E-state index is 0.202. The molecular weight excluding hydrogens is 148 g/mol. The molecule has 0 bridgehead atoms. The Hall–Kier alpha value is -1.80. The second kappa shape index (κ2) is 4.16. The van der Waals surface area contributed by atoms with Crippen molar-refractivity contribution < 1.29 is 0 Å². The minimum atomic E-state index is 0.202. The van der Waals surface area contributed by atoms with Crippen molar-refractivity contribution in [3.05, 3.63) is 35.5 Å². The maximum Gasteiger partial charge on any atom is 0.0958 e. The van der Waals surface area contributed by atoms with Gasteiger partial charge < -0.3 is 0 Å². The fraction of sp³-hybridized carbons (Fsp3) is 0.200. The van der Waals surface area contributed by atoms with Gasteiger partial charge in [-0.2, -0.15) is 10.5 Å². The second-order valence-corrected chi connectivity index (χ2v) is 2.49. The molecule has 2 heteroatoms. The lowest BCUT2D eigenvalue weighted by molar-refractivity contribution is 1.24. The predicted octanol–water partition coefficient (Wildman–Crippen LogP) is 2.24. The molecule has 0 fully saturated rings. The molecule has 0 heterocycles. The van der Waals surface area contributed by atoms with Crippen molar-refractivity contribution >= 4 is 0 Å². The van der Waals surface area contributed by atoms with Gasteiger partial charge in [0.15, 0.2) is 0 Å². The summed E-state index contributed by atoms with van der Waals surface area (Å²) in [5, 5.41) is 17.0. The fourth-order valence-electron chi connectivity index (χ4n) is 1.00.